The summed E-state index contributed by atoms with van der Waals surface area (Å²) in [5.41, 5.74) is 0.672. The lowest BCUT2D eigenvalue weighted by molar-refractivity contribution is -0.697. The minimum absolute atomic E-state index is 0.0672. The van der Waals surface area contributed by atoms with E-state index in [-0.39, 0.29) is 12.1 Å². The fraction of sp³-hybridized carbons (Fsp3) is 0.727. The van der Waals surface area contributed by atoms with Gasteiger partial charge in [-0.15, -0.1) is 0 Å². The summed E-state index contributed by atoms with van der Waals surface area (Å²) in [5.74, 6) is 1.54. The van der Waals surface area contributed by atoms with Crippen LogP contribution in [0.25, 0.3) is 0 Å². The molecular weight excluding hydrogens is 310 g/mol. The SMILES string of the molecule is CCCCCC[n+]1ccc(C(=O)O[C@@H]2C[C@H](C)CC[C@H]2C(C)C)cc1. The molecule has 3 heteroatoms. The van der Waals surface area contributed by atoms with Gasteiger partial charge in [-0.05, 0) is 37.0 Å². The van der Waals surface area contributed by atoms with Crippen LogP contribution in [0.4, 0.5) is 0 Å². The first-order valence-electron chi connectivity index (χ1n) is 10.2. The first-order chi connectivity index (χ1) is 12.0. The van der Waals surface area contributed by atoms with E-state index in [0.29, 0.717) is 23.3 Å². The molecule has 0 aliphatic heterocycles. The Hall–Kier alpha value is -1.38. The number of aryl methyl sites for hydroxylation is 1. The summed E-state index contributed by atoms with van der Waals surface area (Å²) in [6.07, 6.45) is 12.5. The van der Waals surface area contributed by atoms with Gasteiger partial charge in [0.25, 0.3) is 0 Å². The molecule has 0 saturated heterocycles. The van der Waals surface area contributed by atoms with E-state index in [9.17, 15) is 4.79 Å². The van der Waals surface area contributed by atoms with Gasteiger partial charge in [-0.25, -0.2) is 9.36 Å². The number of nitrogens with zero attached hydrogens (tertiary/aromatic N) is 1. The molecule has 0 amide bonds. The maximum Gasteiger partial charge on any atom is 0.338 e. The van der Waals surface area contributed by atoms with Crippen LogP contribution in [0, 0.1) is 17.8 Å². The van der Waals surface area contributed by atoms with Crippen LogP contribution in [0.3, 0.4) is 0 Å². The lowest BCUT2D eigenvalue weighted by Gasteiger charge is -2.36. The number of hydrogen-bond acceptors (Lipinski definition) is 2. The molecule has 0 unspecified atom stereocenters. The number of aromatic nitrogens is 1. The largest absolute Gasteiger partial charge is 0.458 e. The van der Waals surface area contributed by atoms with E-state index >= 15 is 0 Å². The van der Waals surface area contributed by atoms with Crippen LogP contribution in [0.2, 0.25) is 0 Å². The molecule has 1 aromatic rings. The number of carbonyl (C=O) groups is 1. The molecule has 0 N–H and O–H groups in total. The number of hydrogen-bond donors (Lipinski definition) is 0. The Kier molecular flexibility index (Phi) is 7.92. The Balaban J connectivity index is 1.90. The minimum atomic E-state index is -0.164. The molecule has 0 spiro atoms. The van der Waals surface area contributed by atoms with Crippen molar-refractivity contribution < 1.29 is 14.1 Å². The highest BCUT2D eigenvalue weighted by Crippen LogP contribution is 2.35. The highest BCUT2D eigenvalue weighted by molar-refractivity contribution is 5.89. The fourth-order valence-corrected chi connectivity index (χ4v) is 3.92. The average Bonchev–Trinajstić information content (AvgIpc) is 2.59. The summed E-state index contributed by atoms with van der Waals surface area (Å²) in [4.78, 5) is 12.6. The molecule has 1 aliphatic rings. The number of esters is 1. The van der Waals surface area contributed by atoms with Crippen molar-refractivity contribution in [2.45, 2.75) is 85.3 Å². The average molecular weight is 347 g/mol. The lowest BCUT2D eigenvalue weighted by atomic mass is 9.75. The summed E-state index contributed by atoms with van der Waals surface area (Å²) in [5, 5.41) is 0. The Bertz CT molecular complexity index is 523. The van der Waals surface area contributed by atoms with Crippen LogP contribution in [-0.4, -0.2) is 12.1 Å². The lowest BCUT2D eigenvalue weighted by Crippen LogP contribution is -2.36. The molecule has 3 nitrogen and oxygen atoms in total. The van der Waals surface area contributed by atoms with Crippen LogP contribution in [-0.2, 0) is 11.3 Å². The van der Waals surface area contributed by atoms with E-state index in [1.165, 1.54) is 38.5 Å². The number of carbonyl (C=O) groups excluding carboxylic acids is 1. The normalized spacial score (nSPS) is 23.6. The Morgan fingerprint density at radius 3 is 2.56 bits per heavy atom. The quantitative estimate of drug-likeness (QED) is 0.369. The first-order valence-corrected chi connectivity index (χ1v) is 10.2. The standard InChI is InChI=1S/C22H36NO2/c1-5-6-7-8-13-23-14-11-19(12-15-23)22(24)25-21-16-18(4)9-10-20(21)17(2)3/h11-12,14-15,17-18,20-21H,5-10,13,16H2,1-4H3/q+1/t18-,20+,21-/m1/s1. The molecule has 0 bridgehead atoms. The van der Waals surface area contributed by atoms with Gasteiger partial charge in [0.2, 0.25) is 0 Å². The topological polar surface area (TPSA) is 30.2 Å². The van der Waals surface area contributed by atoms with E-state index in [1.54, 1.807) is 0 Å². The van der Waals surface area contributed by atoms with Crippen LogP contribution in [0.15, 0.2) is 24.5 Å². The van der Waals surface area contributed by atoms with Gasteiger partial charge in [-0.1, -0.05) is 47.0 Å². The number of pyridine rings is 1. The van der Waals surface area contributed by atoms with Crippen LogP contribution < -0.4 is 4.57 Å². The second kappa shape index (κ2) is 9.94. The molecule has 1 fully saturated rings. The van der Waals surface area contributed by atoms with Crippen molar-refractivity contribution in [3.63, 3.8) is 0 Å². The first kappa shape index (κ1) is 19.9. The third kappa shape index (κ3) is 6.13. The van der Waals surface area contributed by atoms with Crippen LogP contribution in [0.1, 0.15) is 83.0 Å². The van der Waals surface area contributed by atoms with E-state index in [1.807, 2.05) is 24.5 Å². The predicted octanol–water partition coefficient (Wildman–Crippen LogP) is 5.17. The van der Waals surface area contributed by atoms with E-state index < -0.39 is 0 Å². The summed E-state index contributed by atoms with van der Waals surface area (Å²) < 4.78 is 8.09. The summed E-state index contributed by atoms with van der Waals surface area (Å²) >= 11 is 0. The van der Waals surface area contributed by atoms with Crippen LogP contribution in [0.5, 0.6) is 0 Å². The van der Waals surface area contributed by atoms with Gasteiger partial charge in [-0.3, -0.25) is 0 Å². The number of unbranched alkanes of at least 4 members (excludes halogenated alkanes) is 3. The van der Waals surface area contributed by atoms with Gasteiger partial charge in [0.15, 0.2) is 12.4 Å². The van der Waals surface area contributed by atoms with E-state index in [2.05, 4.69) is 32.3 Å². The summed E-state index contributed by atoms with van der Waals surface area (Å²) in [6.45, 7) is 9.99. The number of ether oxygens (including phenoxy) is 1. The molecule has 0 radical (unpaired) electrons. The molecule has 0 aromatic carbocycles. The molecule has 1 saturated carbocycles. The third-order valence-electron chi connectivity index (χ3n) is 5.62. The van der Waals surface area contributed by atoms with E-state index in [0.717, 1.165) is 13.0 Å². The van der Waals surface area contributed by atoms with Crippen LogP contribution >= 0.6 is 0 Å². The zero-order chi connectivity index (χ0) is 18.2. The summed E-state index contributed by atoms with van der Waals surface area (Å²) in [6, 6.07) is 3.80. The maximum absolute atomic E-state index is 12.6. The number of rotatable bonds is 8. The van der Waals surface area contributed by atoms with E-state index in [4.69, 9.17) is 4.74 Å². The molecule has 1 aromatic heterocycles. The molecule has 140 valence electrons. The smallest absolute Gasteiger partial charge is 0.338 e. The van der Waals surface area contributed by atoms with Crippen molar-refractivity contribution in [3.05, 3.63) is 30.1 Å². The highest BCUT2D eigenvalue weighted by atomic mass is 16.5. The van der Waals surface area contributed by atoms with Gasteiger partial charge in [0, 0.05) is 18.6 Å². The molecule has 1 aliphatic carbocycles. The van der Waals surface area contributed by atoms with Gasteiger partial charge >= 0.3 is 5.97 Å². The van der Waals surface area contributed by atoms with Gasteiger partial charge in [-0.2, -0.15) is 0 Å². The van der Waals surface area contributed by atoms with Gasteiger partial charge in [0.1, 0.15) is 12.6 Å². The van der Waals surface area contributed by atoms with Gasteiger partial charge in [0.05, 0.1) is 5.56 Å². The molecule has 3 atom stereocenters. The molecule has 25 heavy (non-hydrogen) atoms. The molecular formula is C22H36NO2+. The zero-order valence-corrected chi connectivity index (χ0v) is 16.5. The second-order valence-electron chi connectivity index (χ2n) is 8.16. The van der Waals surface area contributed by atoms with Crippen molar-refractivity contribution in [3.8, 4) is 0 Å². The maximum atomic E-state index is 12.6. The van der Waals surface area contributed by atoms with Crippen molar-refractivity contribution in [1.82, 2.24) is 0 Å². The van der Waals surface area contributed by atoms with Crippen molar-refractivity contribution in [2.75, 3.05) is 0 Å². The second-order valence-corrected chi connectivity index (χ2v) is 8.16. The van der Waals surface area contributed by atoms with Crippen molar-refractivity contribution >= 4 is 5.97 Å². The Labute approximate surface area is 153 Å². The Morgan fingerprint density at radius 1 is 1.20 bits per heavy atom. The monoisotopic (exact) mass is 346 g/mol. The summed E-state index contributed by atoms with van der Waals surface area (Å²) in [7, 11) is 0. The zero-order valence-electron chi connectivity index (χ0n) is 16.5. The molecule has 1 heterocycles. The Morgan fingerprint density at radius 2 is 1.92 bits per heavy atom. The van der Waals surface area contributed by atoms with Crippen molar-refractivity contribution in [1.29, 1.82) is 0 Å². The minimum Gasteiger partial charge on any atom is -0.458 e. The fourth-order valence-electron chi connectivity index (χ4n) is 3.92. The highest BCUT2D eigenvalue weighted by Gasteiger charge is 2.33. The molecule has 2 rings (SSSR count). The van der Waals surface area contributed by atoms with Gasteiger partial charge < -0.3 is 4.74 Å². The third-order valence-corrected chi connectivity index (χ3v) is 5.62. The predicted molar refractivity (Wildman–Crippen MR) is 101 cm³/mol. The van der Waals surface area contributed by atoms with Crippen molar-refractivity contribution in [2.24, 2.45) is 17.8 Å².